The summed E-state index contributed by atoms with van der Waals surface area (Å²) in [7, 11) is 0. The minimum absolute atomic E-state index is 0.0752. The van der Waals surface area contributed by atoms with Crippen LogP contribution in [-0.4, -0.2) is 0 Å². The summed E-state index contributed by atoms with van der Waals surface area (Å²) in [5.74, 6) is 0. The zero-order valence-corrected chi connectivity index (χ0v) is 38.2. The van der Waals surface area contributed by atoms with Gasteiger partial charge in [0.1, 0.15) is 0 Å². The van der Waals surface area contributed by atoms with E-state index in [1.807, 2.05) is 0 Å². The lowest BCUT2D eigenvalue weighted by molar-refractivity contribution is 0.353. The third-order valence-corrected chi connectivity index (χ3v) is 14.5. The molecule has 0 bridgehead atoms. The maximum atomic E-state index is 2.52. The third kappa shape index (κ3) is 7.68. The lowest BCUT2D eigenvalue weighted by Gasteiger charge is -2.36. The van der Waals surface area contributed by atoms with Gasteiger partial charge in [-0.3, -0.25) is 0 Å². The summed E-state index contributed by atoms with van der Waals surface area (Å²) in [6.45, 7) is 0. The molecule has 2 heteroatoms. The van der Waals surface area contributed by atoms with Crippen LogP contribution in [0, 0.1) is 0 Å². The summed E-state index contributed by atoms with van der Waals surface area (Å²) in [5, 5.41) is 0. The molecule has 0 aromatic heterocycles. The van der Waals surface area contributed by atoms with Crippen molar-refractivity contribution in [3.8, 4) is 55.6 Å². The molecular weight excluding hydrogens is 821 g/mol. The molecule has 2 aliphatic rings. The van der Waals surface area contributed by atoms with Crippen LogP contribution in [0.2, 0.25) is 0 Å². The molecule has 1 fully saturated rings. The predicted octanol–water partition coefficient (Wildman–Crippen LogP) is 18.5. The van der Waals surface area contributed by atoms with Crippen molar-refractivity contribution in [3.63, 3.8) is 0 Å². The summed E-state index contributed by atoms with van der Waals surface area (Å²) in [5.41, 5.74) is 22.3. The molecule has 10 aromatic carbocycles. The highest BCUT2D eigenvalue weighted by atomic mass is 15.1. The van der Waals surface area contributed by atoms with E-state index in [0.717, 1.165) is 28.4 Å². The van der Waals surface area contributed by atoms with E-state index in [2.05, 4.69) is 265 Å². The minimum Gasteiger partial charge on any atom is -0.311 e. The summed E-state index contributed by atoms with van der Waals surface area (Å²) < 4.78 is 0. The molecule has 326 valence electrons. The zero-order chi connectivity index (χ0) is 45.3. The Kier molecular flexibility index (Phi) is 10.8. The topological polar surface area (TPSA) is 6.48 Å². The van der Waals surface area contributed by atoms with Gasteiger partial charge < -0.3 is 9.80 Å². The molecule has 0 amide bonds. The molecule has 12 rings (SSSR count). The van der Waals surface area contributed by atoms with E-state index in [4.69, 9.17) is 0 Å². The van der Waals surface area contributed by atoms with Crippen LogP contribution in [0.4, 0.5) is 34.1 Å². The van der Waals surface area contributed by atoms with Gasteiger partial charge in [-0.2, -0.15) is 0 Å². The molecule has 68 heavy (non-hydrogen) atoms. The van der Waals surface area contributed by atoms with Gasteiger partial charge in [0, 0.05) is 39.5 Å². The number of hydrogen-bond acceptors (Lipinski definition) is 2. The number of benzene rings is 10. The van der Waals surface area contributed by atoms with Gasteiger partial charge >= 0.3 is 0 Å². The quantitative estimate of drug-likeness (QED) is 0.135. The molecule has 0 N–H and O–H groups in total. The number of nitrogens with zero attached hydrogens (tertiary/aromatic N) is 2. The van der Waals surface area contributed by atoms with E-state index in [-0.39, 0.29) is 5.41 Å². The molecule has 0 radical (unpaired) electrons. The first kappa shape index (κ1) is 41.2. The van der Waals surface area contributed by atoms with E-state index in [1.54, 1.807) is 0 Å². The maximum Gasteiger partial charge on any atom is 0.0465 e. The molecule has 0 unspecified atom stereocenters. The van der Waals surface area contributed by atoms with Crippen LogP contribution in [0.1, 0.15) is 43.2 Å². The normalized spacial score (nSPS) is 13.4. The van der Waals surface area contributed by atoms with Gasteiger partial charge in [0.05, 0.1) is 0 Å². The first-order chi connectivity index (χ1) is 33.7. The van der Waals surface area contributed by atoms with E-state index < -0.39 is 0 Å². The van der Waals surface area contributed by atoms with Gasteiger partial charge in [0.15, 0.2) is 0 Å². The monoisotopic (exact) mass is 872 g/mol. The molecule has 10 aromatic rings. The Morgan fingerprint density at radius 1 is 0.235 bits per heavy atom. The molecule has 0 aliphatic heterocycles. The fraction of sp³-hybridized carbons (Fsp3) is 0.0909. The molecule has 2 aliphatic carbocycles. The van der Waals surface area contributed by atoms with Gasteiger partial charge in [-0.15, -0.1) is 0 Å². The molecular formula is C66H52N2. The van der Waals surface area contributed by atoms with Crippen LogP contribution < -0.4 is 9.80 Å². The van der Waals surface area contributed by atoms with Crippen molar-refractivity contribution in [3.05, 3.63) is 266 Å². The van der Waals surface area contributed by atoms with Gasteiger partial charge in [0.25, 0.3) is 0 Å². The highest BCUT2D eigenvalue weighted by Gasteiger charge is 2.43. The Morgan fingerprint density at radius 3 is 0.912 bits per heavy atom. The molecule has 0 saturated heterocycles. The number of hydrogen-bond donors (Lipinski definition) is 0. The molecule has 1 saturated carbocycles. The second-order valence-electron chi connectivity index (χ2n) is 18.4. The van der Waals surface area contributed by atoms with Crippen LogP contribution in [0.3, 0.4) is 0 Å². The van der Waals surface area contributed by atoms with Crippen molar-refractivity contribution < 1.29 is 0 Å². The van der Waals surface area contributed by atoms with Crippen molar-refractivity contribution >= 4 is 34.1 Å². The Balaban J connectivity index is 0.888. The Hall–Kier alpha value is -8.20. The van der Waals surface area contributed by atoms with Crippen molar-refractivity contribution in [1.82, 2.24) is 0 Å². The Labute approximate surface area is 401 Å². The average Bonchev–Trinajstić information content (AvgIpc) is 3.68. The molecule has 0 heterocycles. The lowest BCUT2D eigenvalue weighted by Crippen LogP contribution is -2.28. The summed E-state index contributed by atoms with van der Waals surface area (Å²) >= 11 is 0. The minimum atomic E-state index is 0.0752. The second-order valence-corrected chi connectivity index (χ2v) is 18.4. The van der Waals surface area contributed by atoms with Crippen LogP contribution in [0.5, 0.6) is 0 Å². The first-order valence-corrected chi connectivity index (χ1v) is 24.2. The second kappa shape index (κ2) is 17.9. The van der Waals surface area contributed by atoms with E-state index in [0.29, 0.717) is 0 Å². The van der Waals surface area contributed by atoms with Crippen molar-refractivity contribution in [2.45, 2.75) is 37.5 Å². The molecule has 2 nitrogen and oxygen atoms in total. The van der Waals surface area contributed by atoms with Crippen molar-refractivity contribution in [1.29, 1.82) is 0 Å². The summed E-state index contributed by atoms with van der Waals surface area (Å²) in [6.07, 6.45) is 6.27. The fourth-order valence-electron chi connectivity index (χ4n) is 11.1. The highest BCUT2D eigenvalue weighted by molar-refractivity contribution is 5.87. The first-order valence-electron chi connectivity index (χ1n) is 24.2. The molecule has 1 spiro atoms. The van der Waals surface area contributed by atoms with E-state index >= 15 is 0 Å². The van der Waals surface area contributed by atoms with Gasteiger partial charge in [-0.05, 0) is 152 Å². The summed E-state index contributed by atoms with van der Waals surface area (Å²) in [4.78, 5) is 4.80. The van der Waals surface area contributed by atoms with E-state index in [1.165, 1.54) is 105 Å². The smallest absolute Gasteiger partial charge is 0.0465 e. The van der Waals surface area contributed by atoms with Gasteiger partial charge in [0.2, 0.25) is 0 Å². The SMILES string of the molecule is c1ccc(-c2ccc(N(c3ccc(-c4ccccc4)cc3)c3ccc(-c4ccc(N(c5ccc(-c6ccccc6)cc5)c5ccc6c(c5)C5(CCCCC5)c5ccccc5-6)cc4)cc3)cc2)cc1. The average molecular weight is 873 g/mol. The van der Waals surface area contributed by atoms with Crippen LogP contribution in [-0.2, 0) is 5.41 Å². The van der Waals surface area contributed by atoms with Crippen molar-refractivity contribution in [2.24, 2.45) is 0 Å². The van der Waals surface area contributed by atoms with E-state index in [9.17, 15) is 0 Å². The van der Waals surface area contributed by atoms with Gasteiger partial charge in [-0.1, -0.05) is 201 Å². The van der Waals surface area contributed by atoms with Crippen molar-refractivity contribution in [2.75, 3.05) is 9.80 Å². The summed E-state index contributed by atoms with van der Waals surface area (Å²) in [6, 6.07) is 93.4. The molecule has 0 atom stereocenters. The third-order valence-electron chi connectivity index (χ3n) is 14.5. The predicted molar refractivity (Wildman–Crippen MR) is 287 cm³/mol. The Morgan fingerprint density at radius 2 is 0.529 bits per heavy atom. The number of rotatable bonds is 10. The number of fused-ring (bicyclic) bond motifs is 5. The van der Waals surface area contributed by atoms with Crippen LogP contribution in [0.25, 0.3) is 55.6 Å². The standard InChI is InChI=1S/C66H52N2/c1-5-15-48(16-6-1)51-23-33-56(34-24-51)67(57-35-25-52(26-36-57)49-17-7-2-8-18-49)58-37-29-54(30-38-58)55-31-41-60(42-32-55)68(59-39-27-53(28-40-59)50-19-9-3-10-20-50)61-43-44-63-62-21-11-12-22-64(62)66(65(63)47-61)45-13-4-14-46-66/h1-3,5-12,15-44,47H,4,13-14,45-46H2. The maximum absolute atomic E-state index is 2.52. The highest BCUT2D eigenvalue weighted by Crippen LogP contribution is 2.57. The fourth-order valence-corrected chi connectivity index (χ4v) is 11.1. The lowest BCUT2D eigenvalue weighted by atomic mass is 9.68. The van der Waals surface area contributed by atoms with Gasteiger partial charge in [-0.25, -0.2) is 0 Å². The largest absolute Gasteiger partial charge is 0.311 e. The van der Waals surface area contributed by atoms with Crippen LogP contribution >= 0.6 is 0 Å². The zero-order valence-electron chi connectivity index (χ0n) is 38.2. The number of anilines is 6. The Bertz CT molecular complexity index is 3220. The van der Waals surface area contributed by atoms with Crippen LogP contribution in [0.15, 0.2) is 255 Å².